The zero-order valence-electron chi connectivity index (χ0n) is 12.0. The second-order valence-electron chi connectivity index (χ2n) is 5.18. The molecule has 1 aliphatic heterocycles. The molecule has 0 spiro atoms. The van der Waals surface area contributed by atoms with Crippen LogP contribution in [0.4, 0.5) is 0 Å². The highest BCUT2D eigenvalue weighted by molar-refractivity contribution is 9.10. The molecule has 0 N–H and O–H groups in total. The van der Waals surface area contributed by atoms with Gasteiger partial charge < -0.3 is 9.64 Å². The standard InChI is InChI=1S/C17H16BrNO2/c1-19-15(13-5-3-4-6-14(13)17(19)20)10-11-9-12(18)7-8-16(11)21-2/h3-9,15H,10H2,1-2H3. The summed E-state index contributed by atoms with van der Waals surface area (Å²) >= 11 is 3.50. The van der Waals surface area contributed by atoms with Crippen LogP contribution in [0.15, 0.2) is 46.9 Å². The van der Waals surface area contributed by atoms with Gasteiger partial charge in [0.2, 0.25) is 0 Å². The van der Waals surface area contributed by atoms with Gasteiger partial charge in [0, 0.05) is 23.5 Å². The van der Waals surface area contributed by atoms with Crippen molar-refractivity contribution >= 4 is 21.8 Å². The lowest BCUT2D eigenvalue weighted by Crippen LogP contribution is -2.24. The average molecular weight is 346 g/mol. The molecule has 1 aliphatic rings. The molecule has 21 heavy (non-hydrogen) atoms. The molecular formula is C17H16BrNO2. The Balaban J connectivity index is 1.99. The van der Waals surface area contributed by atoms with Crippen molar-refractivity contribution in [1.82, 2.24) is 4.90 Å². The van der Waals surface area contributed by atoms with Gasteiger partial charge in [0.25, 0.3) is 5.91 Å². The quantitative estimate of drug-likeness (QED) is 0.846. The van der Waals surface area contributed by atoms with Gasteiger partial charge in [-0.2, -0.15) is 0 Å². The molecule has 108 valence electrons. The number of halogens is 1. The smallest absolute Gasteiger partial charge is 0.254 e. The summed E-state index contributed by atoms with van der Waals surface area (Å²) in [6.45, 7) is 0. The van der Waals surface area contributed by atoms with Crippen LogP contribution in [0, 0.1) is 0 Å². The second kappa shape index (κ2) is 5.53. The third-order valence-electron chi connectivity index (χ3n) is 3.99. The van der Waals surface area contributed by atoms with E-state index in [1.165, 1.54) is 0 Å². The number of carbonyl (C=O) groups excluding carboxylic acids is 1. The van der Waals surface area contributed by atoms with Crippen LogP contribution < -0.4 is 4.74 Å². The van der Waals surface area contributed by atoms with E-state index in [9.17, 15) is 4.79 Å². The van der Waals surface area contributed by atoms with E-state index in [1.54, 1.807) is 7.11 Å². The molecule has 0 radical (unpaired) electrons. The van der Waals surface area contributed by atoms with Gasteiger partial charge in [-0.15, -0.1) is 0 Å². The summed E-state index contributed by atoms with van der Waals surface area (Å²) in [5.41, 5.74) is 2.99. The van der Waals surface area contributed by atoms with Crippen molar-refractivity contribution in [1.29, 1.82) is 0 Å². The maximum atomic E-state index is 12.3. The Morgan fingerprint density at radius 1 is 1.24 bits per heavy atom. The van der Waals surface area contributed by atoms with E-state index in [1.807, 2.05) is 48.3 Å². The number of fused-ring (bicyclic) bond motifs is 1. The van der Waals surface area contributed by atoms with Crippen molar-refractivity contribution < 1.29 is 9.53 Å². The summed E-state index contributed by atoms with van der Waals surface area (Å²) in [6.07, 6.45) is 0.738. The van der Waals surface area contributed by atoms with E-state index in [4.69, 9.17) is 4.74 Å². The van der Waals surface area contributed by atoms with E-state index < -0.39 is 0 Å². The average Bonchev–Trinajstić information content (AvgIpc) is 2.73. The Bertz CT molecular complexity index is 699. The van der Waals surface area contributed by atoms with Gasteiger partial charge in [0.15, 0.2) is 0 Å². The minimum Gasteiger partial charge on any atom is -0.496 e. The lowest BCUT2D eigenvalue weighted by atomic mass is 9.98. The largest absolute Gasteiger partial charge is 0.496 e. The molecule has 1 amide bonds. The van der Waals surface area contributed by atoms with Gasteiger partial charge in [-0.1, -0.05) is 34.1 Å². The highest BCUT2D eigenvalue weighted by Gasteiger charge is 2.34. The van der Waals surface area contributed by atoms with E-state index in [-0.39, 0.29) is 11.9 Å². The van der Waals surface area contributed by atoms with Crippen molar-refractivity contribution in [3.05, 3.63) is 63.6 Å². The molecule has 3 rings (SSSR count). The maximum absolute atomic E-state index is 12.3. The predicted molar refractivity (Wildman–Crippen MR) is 85.7 cm³/mol. The van der Waals surface area contributed by atoms with Gasteiger partial charge in [-0.25, -0.2) is 0 Å². The van der Waals surface area contributed by atoms with Gasteiger partial charge in [0.05, 0.1) is 13.2 Å². The molecule has 1 atom stereocenters. The highest BCUT2D eigenvalue weighted by Crippen LogP contribution is 2.37. The Labute approximate surface area is 132 Å². The van der Waals surface area contributed by atoms with Gasteiger partial charge in [-0.3, -0.25) is 4.79 Å². The van der Waals surface area contributed by atoms with Crippen LogP contribution in [-0.4, -0.2) is 25.0 Å². The summed E-state index contributed by atoms with van der Waals surface area (Å²) in [6, 6.07) is 13.8. The molecule has 1 heterocycles. The van der Waals surface area contributed by atoms with Crippen molar-refractivity contribution in [2.24, 2.45) is 0 Å². The Hall–Kier alpha value is -1.81. The van der Waals surface area contributed by atoms with Gasteiger partial charge >= 0.3 is 0 Å². The number of methoxy groups -OCH3 is 1. The van der Waals surface area contributed by atoms with Crippen LogP contribution in [0.2, 0.25) is 0 Å². The molecule has 0 saturated carbocycles. The third-order valence-corrected chi connectivity index (χ3v) is 4.49. The first-order valence-corrected chi connectivity index (χ1v) is 7.59. The molecule has 1 unspecified atom stereocenters. The lowest BCUT2D eigenvalue weighted by Gasteiger charge is -2.22. The Morgan fingerprint density at radius 3 is 2.76 bits per heavy atom. The van der Waals surface area contributed by atoms with Crippen LogP contribution in [0.25, 0.3) is 0 Å². The van der Waals surface area contributed by atoms with Crippen molar-refractivity contribution in [3.8, 4) is 5.75 Å². The number of benzene rings is 2. The Morgan fingerprint density at radius 2 is 2.00 bits per heavy atom. The summed E-state index contributed by atoms with van der Waals surface area (Å²) < 4.78 is 6.45. The number of nitrogens with zero attached hydrogens (tertiary/aromatic N) is 1. The highest BCUT2D eigenvalue weighted by atomic mass is 79.9. The zero-order chi connectivity index (χ0) is 15.0. The topological polar surface area (TPSA) is 29.5 Å². The number of likely N-dealkylation sites (N-methyl/N-ethyl adjacent to an activating group) is 1. The molecule has 0 bridgehead atoms. The number of amides is 1. The molecule has 0 saturated heterocycles. The summed E-state index contributed by atoms with van der Waals surface area (Å²) in [5, 5.41) is 0. The molecular weight excluding hydrogens is 330 g/mol. The minimum absolute atomic E-state index is 0.0527. The van der Waals surface area contributed by atoms with Gasteiger partial charge in [0.1, 0.15) is 5.75 Å². The molecule has 0 aromatic heterocycles. The van der Waals surface area contributed by atoms with Crippen LogP contribution in [0.3, 0.4) is 0 Å². The van der Waals surface area contributed by atoms with Crippen LogP contribution in [-0.2, 0) is 6.42 Å². The van der Waals surface area contributed by atoms with Crippen LogP contribution in [0.1, 0.15) is 27.5 Å². The normalized spacial score (nSPS) is 17.0. The van der Waals surface area contributed by atoms with Crippen molar-refractivity contribution in [2.75, 3.05) is 14.2 Å². The van der Waals surface area contributed by atoms with Crippen LogP contribution in [0.5, 0.6) is 5.75 Å². The monoisotopic (exact) mass is 345 g/mol. The molecule has 0 fully saturated rings. The molecule has 4 heteroatoms. The van der Waals surface area contributed by atoms with Gasteiger partial charge in [-0.05, 0) is 35.4 Å². The number of ether oxygens (including phenoxy) is 1. The van der Waals surface area contributed by atoms with E-state index in [0.29, 0.717) is 0 Å². The Kier molecular flexibility index (Phi) is 3.72. The molecule has 2 aromatic carbocycles. The fourth-order valence-corrected chi connectivity index (χ4v) is 3.29. The van der Waals surface area contributed by atoms with E-state index in [0.717, 1.165) is 33.3 Å². The summed E-state index contributed by atoms with van der Waals surface area (Å²) in [7, 11) is 3.53. The first-order chi connectivity index (χ1) is 10.1. The summed E-state index contributed by atoms with van der Waals surface area (Å²) in [4.78, 5) is 14.1. The number of rotatable bonds is 3. The maximum Gasteiger partial charge on any atom is 0.254 e. The second-order valence-corrected chi connectivity index (χ2v) is 6.10. The lowest BCUT2D eigenvalue weighted by molar-refractivity contribution is 0.0773. The first-order valence-electron chi connectivity index (χ1n) is 6.80. The summed E-state index contributed by atoms with van der Waals surface area (Å²) in [5.74, 6) is 0.938. The molecule has 3 nitrogen and oxygen atoms in total. The first kappa shape index (κ1) is 14.1. The third kappa shape index (κ3) is 2.44. The molecule has 2 aromatic rings. The number of hydrogen-bond donors (Lipinski definition) is 0. The molecule has 0 aliphatic carbocycles. The van der Waals surface area contributed by atoms with Crippen molar-refractivity contribution in [3.63, 3.8) is 0 Å². The number of carbonyl (C=O) groups is 1. The van der Waals surface area contributed by atoms with E-state index >= 15 is 0 Å². The zero-order valence-corrected chi connectivity index (χ0v) is 13.6. The SMILES string of the molecule is COc1ccc(Br)cc1CC1c2ccccc2C(=O)N1C. The fourth-order valence-electron chi connectivity index (χ4n) is 2.88. The minimum atomic E-state index is 0.0527. The number of hydrogen-bond acceptors (Lipinski definition) is 2. The predicted octanol–water partition coefficient (Wildman–Crippen LogP) is 3.83. The van der Waals surface area contributed by atoms with Crippen molar-refractivity contribution in [2.45, 2.75) is 12.5 Å². The fraction of sp³-hybridized carbons (Fsp3) is 0.235. The van der Waals surface area contributed by atoms with Crippen LogP contribution >= 0.6 is 15.9 Å². The van der Waals surface area contributed by atoms with E-state index in [2.05, 4.69) is 22.0 Å².